The Labute approximate surface area is 121 Å². The van der Waals surface area contributed by atoms with E-state index in [2.05, 4.69) is 4.99 Å². The SMILES string of the molecule is O=C(O)CN=C1C(=O)N(c2ccccc2)c2ccccc21. The summed E-state index contributed by atoms with van der Waals surface area (Å²) >= 11 is 0. The highest BCUT2D eigenvalue weighted by Gasteiger charge is 2.34. The highest BCUT2D eigenvalue weighted by Crippen LogP contribution is 2.35. The third kappa shape index (κ3) is 2.29. The van der Waals surface area contributed by atoms with Crippen LogP contribution in [0.25, 0.3) is 0 Å². The fraction of sp³-hybridized carbons (Fsp3) is 0.0625. The molecule has 2 aromatic rings. The molecule has 104 valence electrons. The van der Waals surface area contributed by atoms with E-state index in [4.69, 9.17) is 5.11 Å². The van der Waals surface area contributed by atoms with Crippen molar-refractivity contribution in [2.24, 2.45) is 4.99 Å². The summed E-state index contributed by atoms with van der Waals surface area (Å²) in [5, 5.41) is 8.76. The zero-order chi connectivity index (χ0) is 14.8. The average Bonchev–Trinajstić information content (AvgIpc) is 2.78. The van der Waals surface area contributed by atoms with Crippen LogP contribution < -0.4 is 4.90 Å². The number of carbonyl (C=O) groups is 2. The fourth-order valence-corrected chi connectivity index (χ4v) is 2.33. The van der Waals surface area contributed by atoms with E-state index in [1.165, 1.54) is 0 Å². The minimum atomic E-state index is -1.06. The lowest BCUT2D eigenvalue weighted by Crippen LogP contribution is -2.26. The van der Waals surface area contributed by atoms with Crippen molar-refractivity contribution < 1.29 is 14.7 Å². The standard InChI is InChI=1S/C16H12N2O3/c19-14(20)10-17-15-12-8-4-5-9-13(12)18(16(15)21)11-6-2-1-3-7-11/h1-9H,10H2,(H,19,20). The number of amides is 1. The molecule has 0 atom stereocenters. The van der Waals surface area contributed by atoms with Gasteiger partial charge >= 0.3 is 5.97 Å². The van der Waals surface area contributed by atoms with Gasteiger partial charge in [-0.1, -0.05) is 36.4 Å². The number of benzene rings is 2. The van der Waals surface area contributed by atoms with Gasteiger partial charge in [0.2, 0.25) is 0 Å². The number of hydrogen-bond donors (Lipinski definition) is 1. The van der Waals surface area contributed by atoms with Gasteiger partial charge in [0, 0.05) is 11.3 Å². The molecule has 0 saturated heterocycles. The number of carboxylic acid groups (broad SMARTS) is 1. The second-order valence-electron chi connectivity index (χ2n) is 4.55. The minimum Gasteiger partial charge on any atom is -0.480 e. The number of hydrogen-bond acceptors (Lipinski definition) is 3. The molecule has 2 aromatic carbocycles. The number of rotatable bonds is 3. The highest BCUT2D eigenvalue weighted by atomic mass is 16.4. The van der Waals surface area contributed by atoms with E-state index in [1.807, 2.05) is 42.5 Å². The van der Waals surface area contributed by atoms with E-state index in [-0.39, 0.29) is 11.6 Å². The monoisotopic (exact) mass is 280 g/mol. The molecule has 0 saturated carbocycles. The molecule has 0 spiro atoms. The first kappa shape index (κ1) is 13.1. The zero-order valence-corrected chi connectivity index (χ0v) is 11.1. The van der Waals surface area contributed by atoms with Crippen LogP contribution in [0, 0.1) is 0 Å². The van der Waals surface area contributed by atoms with Crippen molar-refractivity contribution in [2.75, 3.05) is 11.4 Å². The van der Waals surface area contributed by atoms with E-state index in [0.29, 0.717) is 5.56 Å². The maximum atomic E-state index is 12.6. The van der Waals surface area contributed by atoms with Gasteiger partial charge in [0.15, 0.2) is 0 Å². The van der Waals surface area contributed by atoms with E-state index < -0.39 is 12.5 Å². The molecule has 21 heavy (non-hydrogen) atoms. The summed E-state index contributed by atoms with van der Waals surface area (Å²) in [5.41, 5.74) is 2.30. The van der Waals surface area contributed by atoms with Gasteiger partial charge in [-0.05, 0) is 18.2 Å². The Balaban J connectivity index is 2.11. The molecule has 5 nitrogen and oxygen atoms in total. The van der Waals surface area contributed by atoms with Crippen LogP contribution in [0.1, 0.15) is 5.56 Å². The molecule has 0 fully saturated rings. The van der Waals surface area contributed by atoms with Crippen molar-refractivity contribution in [2.45, 2.75) is 0 Å². The van der Waals surface area contributed by atoms with Crippen molar-refractivity contribution in [1.82, 2.24) is 0 Å². The van der Waals surface area contributed by atoms with E-state index in [9.17, 15) is 9.59 Å². The minimum absolute atomic E-state index is 0.192. The van der Waals surface area contributed by atoms with Gasteiger partial charge < -0.3 is 5.11 Å². The summed E-state index contributed by atoms with van der Waals surface area (Å²) in [6.45, 7) is -0.419. The predicted octanol–water partition coefficient (Wildman–Crippen LogP) is 2.24. The van der Waals surface area contributed by atoms with Gasteiger partial charge in [-0.3, -0.25) is 19.5 Å². The summed E-state index contributed by atoms with van der Waals surface area (Å²) in [5.74, 6) is -1.37. The number of aliphatic carboxylic acids is 1. The Morgan fingerprint density at radius 3 is 2.43 bits per heavy atom. The van der Waals surface area contributed by atoms with Crippen LogP contribution in [0.3, 0.4) is 0 Å². The lowest BCUT2D eigenvalue weighted by Gasteiger charge is -2.16. The van der Waals surface area contributed by atoms with Crippen molar-refractivity contribution in [3.8, 4) is 0 Å². The second kappa shape index (κ2) is 5.20. The van der Waals surface area contributed by atoms with Crippen molar-refractivity contribution in [3.05, 3.63) is 60.2 Å². The van der Waals surface area contributed by atoms with Crippen molar-refractivity contribution >= 4 is 29.0 Å². The molecule has 1 amide bonds. The first-order valence-electron chi connectivity index (χ1n) is 6.43. The first-order valence-corrected chi connectivity index (χ1v) is 6.43. The Morgan fingerprint density at radius 1 is 1.05 bits per heavy atom. The predicted molar refractivity (Wildman–Crippen MR) is 79.1 cm³/mol. The van der Waals surface area contributed by atoms with Crippen LogP contribution in [0.2, 0.25) is 0 Å². The number of nitrogens with zero attached hydrogens (tertiary/aromatic N) is 2. The van der Waals surface area contributed by atoms with Crippen molar-refractivity contribution in [1.29, 1.82) is 0 Å². The van der Waals surface area contributed by atoms with Crippen LogP contribution >= 0.6 is 0 Å². The highest BCUT2D eigenvalue weighted by molar-refractivity contribution is 6.55. The molecular weight excluding hydrogens is 268 g/mol. The van der Waals surface area contributed by atoms with Gasteiger partial charge in [0.25, 0.3) is 5.91 Å². The molecule has 0 unspecified atom stereocenters. The molecule has 5 heteroatoms. The number of anilines is 2. The summed E-state index contributed by atoms with van der Waals surface area (Å²) in [7, 11) is 0. The zero-order valence-electron chi connectivity index (χ0n) is 11.1. The second-order valence-corrected chi connectivity index (χ2v) is 4.55. The number of carbonyl (C=O) groups excluding carboxylic acids is 1. The molecule has 0 aromatic heterocycles. The van der Waals surface area contributed by atoms with E-state index >= 15 is 0 Å². The fourth-order valence-electron chi connectivity index (χ4n) is 2.33. The molecule has 0 bridgehead atoms. The molecule has 3 rings (SSSR count). The molecule has 0 radical (unpaired) electrons. The third-order valence-electron chi connectivity index (χ3n) is 3.19. The van der Waals surface area contributed by atoms with Gasteiger partial charge in [0.05, 0.1) is 5.69 Å². The lowest BCUT2D eigenvalue weighted by molar-refractivity contribution is -0.135. The lowest BCUT2D eigenvalue weighted by atomic mass is 10.1. The number of carboxylic acids is 1. The van der Waals surface area contributed by atoms with Crippen LogP contribution in [-0.4, -0.2) is 29.2 Å². The smallest absolute Gasteiger partial charge is 0.325 e. The molecule has 1 aliphatic heterocycles. The van der Waals surface area contributed by atoms with E-state index in [1.54, 1.807) is 17.0 Å². The third-order valence-corrected chi connectivity index (χ3v) is 3.19. The Bertz CT molecular complexity index is 738. The Morgan fingerprint density at radius 2 is 1.71 bits per heavy atom. The topological polar surface area (TPSA) is 70.0 Å². The number of aliphatic imine (C=N–C) groups is 1. The number of fused-ring (bicyclic) bond motifs is 1. The van der Waals surface area contributed by atoms with Crippen LogP contribution in [0.5, 0.6) is 0 Å². The van der Waals surface area contributed by atoms with Gasteiger partial charge in [0.1, 0.15) is 12.3 Å². The van der Waals surface area contributed by atoms with Gasteiger partial charge in [-0.25, -0.2) is 0 Å². The number of para-hydroxylation sites is 2. The quantitative estimate of drug-likeness (QED) is 0.937. The summed E-state index contributed by atoms with van der Waals surface area (Å²) in [6, 6.07) is 16.5. The molecule has 1 N–H and O–H groups in total. The molecule has 0 aliphatic carbocycles. The van der Waals surface area contributed by atoms with Crippen LogP contribution in [0.4, 0.5) is 11.4 Å². The largest absolute Gasteiger partial charge is 0.480 e. The van der Waals surface area contributed by atoms with Crippen LogP contribution in [0.15, 0.2) is 59.6 Å². The summed E-state index contributed by atoms with van der Waals surface area (Å²) in [6.07, 6.45) is 0. The maximum absolute atomic E-state index is 12.6. The van der Waals surface area contributed by atoms with Crippen molar-refractivity contribution in [3.63, 3.8) is 0 Å². The molecular formula is C16H12N2O3. The van der Waals surface area contributed by atoms with Gasteiger partial charge in [-0.2, -0.15) is 0 Å². The molecule has 1 heterocycles. The maximum Gasteiger partial charge on any atom is 0.325 e. The Kier molecular flexibility index (Phi) is 3.23. The van der Waals surface area contributed by atoms with Gasteiger partial charge in [-0.15, -0.1) is 0 Å². The normalized spacial score (nSPS) is 15.3. The average molecular weight is 280 g/mol. The molecule has 1 aliphatic rings. The Hall–Kier alpha value is -2.95. The first-order chi connectivity index (χ1) is 10.2. The van der Waals surface area contributed by atoms with E-state index in [0.717, 1.165) is 11.4 Å². The summed E-state index contributed by atoms with van der Waals surface area (Å²) in [4.78, 5) is 28.8. The van der Waals surface area contributed by atoms with Crippen LogP contribution in [-0.2, 0) is 9.59 Å². The summed E-state index contributed by atoms with van der Waals surface area (Å²) < 4.78 is 0.